The zero-order valence-corrected chi connectivity index (χ0v) is 26.9. The predicted octanol–water partition coefficient (Wildman–Crippen LogP) is 1.87. The number of H-pyrrole nitrogens is 2. The standard InChI is InChI=1S/C13H14N6O2.C10H12N4O.C7H4ClN3O/c1-7(2)15-10-3-4-19-11(17-10)8(6-14-19)5-9-12(20)18-13(21)16-9;1-7(2)12-9-3-4-14-10(13-9)8(6-15)5-11-14;8-6-1-2-11-7(10-6)5(4-12)3-9-11/h3-7,20H,1-2H3,(H2,16,18,21);3-7H,1-2H3,(H,12,13);1-4H. The van der Waals surface area contributed by atoms with Gasteiger partial charge in [-0.05, 0) is 45.9 Å². The second-order valence-corrected chi connectivity index (χ2v) is 11.1. The number of aromatic hydroxyl groups is 1. The Labute approximate surface area is 275 Å². The van der Waals surface area contributed by atoms with E-state index < -0.39 is 5.69 Å². The number of carbonyl (C=O) groups is 2. The molecule has 0 bridgehead atoms. The molecule has 0 spiro atoms. The minimum absolute atomic E-state index is 0.139. The van der Waals surface area contributed by atoms with Crippen LogP contribution in [0.15, 0.2) is 65.2 Å². The summed E-state index contributed by atoms with van der Waals surface area (Å²) in [5, 5.41) is 25.9. The fraction of sp³-hybridized carbons (Fsp3) is 0.200. The SMILES string of the molecule is CC(C)N=c1ccn2ncc(=Cc3[nH]c(=O)[nH]c3O)c2n1.CC(C)Nc1ccn2ncc(C=O)c2n1.O=Cc1cnn2ccc(Cl)nc12. The van der Waals surface area contributed by atoms with Gasteiger partial charge in [0.15, 0.2) is 35.0 Å². The van der Waals surface area contributed by atoms with Gasteiger partial charge in [0.05, 0.1) is 29.7 Å². The molecule has 18 heteroatoms. The highest BCUT2D eigenvalue weighted by atomic mass is 35.5. The Hall–Kier alpha value is -6.23. The minimum atomic E-state index is -0.473. The summed E-state index contributed by atoms with van der Waals surface area (Å²) in [5.41, 5.74) is 3.02. The normalized spacial score (nSPS) is 12.0. The van der Waals surface area contributed by atoms with E-state index in [0.29, 0.717) is 56.3 Å². The largest absolute Gasteiger partial charge is 0.493 e. The quantitative estimate of drug-likeness (QED) is 0.148. The first-order chi connectivity index (χ1) is 23.0. The van der Waals surface area contributed by atoms with Crippen molar-refractivity contribution < 1.29 is 14.7 Å². The molecule has 0 atom stereocenters. The fourth-order valence-corrected chi connectivity index (χ4v) is 4.39. The number of fused-ring (bicyclic) bond motifs is 3. The molecule has 0 saturated heterocycles. The number of carbonyl (C=O) groups excluding carboxylic acids is 2. The molecule has 246 valence electrons. The third kappa shape index (κ3) is 7.76. The van der Waals surface area contributed by atoms with Crippen LogP contribution in [-0.2, 0) is 0 Å². The van der Waals surface area contributed by atoms with Crippen molar-refractivity contribution in [2.24, 2.45) is 4.99 Å². The maximum absolute atomic E-state index is 11.1. The average Bonchev–Trinajstić information content (AvgIpc) is 3.82. The molecule has 7 aromatic heterocycles. The Kier molecular flexibility index (Phi) is 9.99. The molecule has 7 heterocycles. The number of aromatic nitrogens is 11. The van der Waals surface area contributed by atoms with E-state index in [0.717, 1.165) is 12.1 Å². The first kappa shape index (κ1) is 33.1. The van der Waals surface area contributed by atoms with Gasteiger partial charge >= 0.3 is 5.69 Å². The van der Waals surface area contributed by atoms with Gasteiger partial charge in [-0.15, -0.1) is 0 Å². The van der Waals surface area contributed by atoms with Gasteiger partial charge in [0.2, 0.25) is 5.88 Å². The summed E-state index contributed by atoms with van der Waals surface area (Å²) in [5.74, 6) is 0.531. The molecular formula is C30H30ClN13O4. The van der Waals surface area contributed by atoms with Crippen LogP contribution in [0.4, 0.5) is 5.82 Å². The smallest absolute Gasteiger partial charge is 0.326 e. The maximum atomic E-state index is 11.1. The average molecular weight is 672 g/mol. The molecule has 0 aliphatic carbocycles. The van der Waals surface area contributed by atoms with E-state index in [9.17, 15) is 19.5 Å². The Morgan fingerprint density at radius 3 is 2.04 bits per heavy atom. The zero-order chi connectivity index (χ0) is 34.4. The molecular weight excluding hydrogens is 642 g/mol. The van der Waals surface area contributed by atoms with Crippen LogP contribution in [0.3, 0.4) is 0 Å². The number of halogens is 1. The fourth-order valence-electron chi connectivity index (χ4n) is 4.26. The number of nitrogens with zero attached hydrogens (tertiary/aromatic N) is 10. The number of aldehydes is 2. The first-order valence-corrected chi connectivity index (χ1v) is 14.8. The summed E-state index contributed by atoms with van der Waals surface area (Å²) >= 11 is 5.64. The Morgan fingerprint density at radius 1 is 0.833 bits per heavy atom. The zero-order valence-electron chi connectivity index (χ0n) is 26.1. The molecule has 0 unspecified atom stereocenters. The lowest BCUT2D eigenvalue weighted by Gasteiger charge is -2.08. The van der Waals surface area contributed by atoms with E-state index >= 15 is 0 Å². The predicted molar refractivity (Wildman–Crippen MR) is 176 cm³/mol. The monoisotopic (exact) mass is 671 g/mol. The van der Waals surface area contributed by atoms with E-state index in [1.807, 2.05) is 33.8 Å². The van der Waals surface area contributed by atoms with Crippen molar-refractivity contribution in [3.8, 4) is 5.88 Å². The van der Waals surface area contributed by atoms with Crippen molar-refractivity contribution in [2.45, 2.75) is 39.8 Å². The van der Waals surface area contributed by atoms with E-state index in [1.54, 1.807) is 52.0 Å². The lowest BCUT2D eigenvalue weighted by Crippen LogP contribution is -2.15. The van der Waals surface area contributed by atoms with Gasteiger partial charge in [-0.3, -0.25) is 19.6 Å². The highest BCUT2D eigenvalue weighted by Gasteiger charge is 2.07. The van der Waals surface area contributed by atoms with Gasteiger partial charge in [0.25, 0.3) is 0 Å². The molecule has 7 aromatic rings. The Morgan fingerprint density at radius 2 is 1.44 bits per heavy atom. The van der Waals surface area contributed by atoms with Crippen molar-refractivity contribution in [1.82, 2.24) is 53.8 Å². The number of anilines is 1. The number of nitrogens with one attached hydrogen (secondary N) is 3. The Bertz CT molecular complexity index is 2400. The molecule has 0 fully saturated rings. The molecule has 0 aliphatic rings. The highest BCUT2D eigenvalue weighted by molar-refractivity contribution is 6.29. The lowest BCUT2D eigenvalue weighted by molar-refractivity contribution is 0.111. The molecule has 48 heavy (non-hydrogen) atoms. The van der Waals surface area contributed by atoms with Crippen molar-refractivity contribution in [2.75, 3.05) is 5.32 Å². The van der Waals surface area contributed by atoms with Crippen LogP contribution in [0.1, 0.15) is 54.1 Å². The van der Waals surface area contributed by atoms with Gasteiger partial charge in [-0.2, -0.15) is 15.3 Å². The number of hydrogen-bond donors (Lipinski definition) is 4. The number of hydrogen-bond acceptors (Lipinski definition) is 12. The van der Waals surface area contributed by atoms with Gasteiger partial charge in [-0.25, -0.2) is 33.3 Å². The lowest BCUT2D eigenvalue weighted by atomic mass is 10.3. The van der Waals surface area contributed by atoms with Crippen molar-refractivity contribution in [3.63, 3.8) is 0 Å². The van der Waals surface area contributed by atoms with Gasteiger partial charge in [0, 0.05) is 42.0 Å². The molecule has 7 rings (SSSR count). The summed E-state index contributed by atoms with van der Waals surface area (Å²) in [6.07, 6.45) is 12.8. The molecule has 0 saturated carbocycles. The van der Waals surface area contributed by atoms with Crippen molar-refractivity contribution >= 4 is 53.0 Å². The topological polar surface area (TPSA) is 218 Å². The van der Waals surface area contributed by atoms with Crippen LogP contribution >= 0.6 is 11.6 Å². The van der Waals surface area contributed by atoms with Crippen LogP contribution in [0.25, 0.3) is 23.0 Å². The van der Waals surface area contributed by atoms with Crippen molar-refractivity contribution in [1.29, 1.82) is 0 Å². The van der Waals surface area contributed by atoms with Crippen LogP contribution in [0, 0.1) is 0 Å². The van der Waals surface area contributed by atoms with E-state index in [4.69, 9.17) is 11.6 Å². The van der Waals surface area contributed by atoms with Crippen LogP contribution in [0.5, 0.6) is 5.88 Å². The first-order valence-electron chi connectivity index (χ1n) is 14.5. The van der Waals surface area contributed by atoms with Crippen molar-refractivity contribution in [3.05, 3.63) is 98.5 Å². The van der Waals surface area contributed by atoms with E-state index in [1.165, 1.54) is 16.9 Å². The molecule has 0 aromatic carbocycles. The minimum Gasteiger partial charge on any atom is -0.493 e. The summed E-state index contributed by atoms with van der Waals surface area (Å²) in [6, 6.07) is 5.66. The summed E-state index contributed by atoms with van der Waals surface area (Å²) < 4.78 is 4.68. The van der Waals surface area contributed by atoms with E-state index in [-0.39, 0.29) is 17.6 Å². The summed E-state index contributed by atoms with van der Waals surface area (Å²) in [7, 11) is 0. The van der Waals surface area contributed by atoms with Crippen LogP contribution in [-0.4, -0.2) is 83.5 Å². The number of imidazole rings is 1. The molecule has 17 nitrogen and oxygen atoms in total. The summed E-state index contributed by atoms with van der Waals surface area (Å²) in [6.45, 7) is 8.00. The van der Waals surface area contributed by atoms with Gasteiger partial charge in [-0.1, -0.05) is 11.6 Å². The van der Waals surface area contributed by atoms with Crippen LogP contribution in [0.2, 0.25) is 5.15 Å². The van der Waals surface area contributed by atoms with E-state index in [2.05, 4.69) is 50.5 Å². The highest BCUT2D eigenvalue weighted by Crippen LogP contribution is 2.11. The molecule has 0 aliphatic heterocycles. The maximum Gasteiger partial charge on any atom is 0.326 e. The second-order valence-electron chi connectivity index (χ2n) is 10.7. The number of rotatable bonds is 6. The third-order valence-electron chi connectivity index (χ3n) is 6.26. The summed E-state index contributed by atoms with van der Waals surface area (Å²) in [4.78, 5) is 54.1. The third-order valence-corrected chi connectivity index (χ3v) is 6.47. The Balaban J connectivity index is 0.000000147. The van der Waals surface area contributed by atoms with Crippen LogP contribution < -0.4 is 21.7 Å². The molecule has 0 amide bonds. The molecule has 0 radical (unpaired) electrons. The molecule has 4 N–H and O–H groups in total. The second kappa shape index (κ2) is 14.5. The number of aromatic amines is 2. The van der Waals surface area contributed by atoms with Gasteiger partial charge in [0.1, 0.15) is 16.7 Å². The van der Waals surface area contributed by atoms with Gasteiger partial charge < -0.3 is 15.4 Å².